The summed E-state index contributed by atoms with van der Waals surface area (Å²) in [6.07, 6.45) is 9.73. The van der Waals surface area contributed by atoms with E-state index in [0.717, 1.165) is 5.92 Å². The Morgan fingerprint density at radius 2 is 2.00 bits per heavy atom. The van der Waals surface area contributed by atoms with Gasteiger partial charge in [-0.2, -0.15) is 5.26 Å². The fourth-order valence-electron chi connectivity index (χ4n) is 2.09. The van der Waals surface area contributed by atoms with Crippen molar-refractivity contribution >= 4 is 0 Å². The normalized spacial score (nSPS) is 29.3. The SMILES string of the molecule is CCCC1CCC(NC#N)CC1. The second-order valence-corrected chi connectivity index (χ2v) is 3.76. The highest BCUT2D eigenvalue weighted by molar-refractivity contribution is 4.81. The molecular weight excluding hydrogens is 148 g/mol. The summed E-state index contributed by atoms with van der Waals surface area (Å²) in [6.45, 7) is 2.25. The summed E-state index contributed by atoms with van der Waals surface area (Å²) in [5.74, 6) is 0.937. The first-order valence-electron chi connectivity index (χ1n) is 5.01. The van der Waals surface area contributed by atoms with Gasteiger partial charge in [0, 0.05) is 6.04 Å². The van der Waals surface area contributed by atoms with Crippen molar-refractivity contribution in [2.75, 3.05) is 0 Å². The van der Waals surface area contributed by atoms with Crippen LogP contribution in [0.3, 0.4) is 0 Å². The molecule has 0 atom stereocenters. The number of nitriles is 1. The second kappa shape index (κ2) is 5.03. The molecule has 1 aliphatic rings. The van der Waals surface area contributed by atoms with E-state index in [4.69, 9.17) is 5.26 Å². The van der Waals surface area contributed by atoms with Gasteiger partial charge in [-0.3, -0.25) is 0 Å². The largest absolute Gasteiger partial charge is 0.321 e. The monoisotopic (exact) mass is 166 g/mol. The maximum absolute atomic E-state index is 8.43. The van der Waals surface area contributed by atoms with E-state index < -0.39 is 0 Å². The molecule has 0 aliphatic heterocycles. The van der Waals surface area contributed by atoms with Gasteiger partial charge >= 0.3 is 0 Å². The molecule has 0 bridgehead atoms. The molecule has 12 heavy (non-hydrogen) atoms. The lowest BCUT2D eigenvalue weighted by atomic mass is 9.84. The fraction of sp³-hybridized carbons (Fsp3) is 0.900. The van der Waals surface area contributed by atoms with E-state index in [0.29, 0.717) is 6.04 Å². The number of hydrogen-bond acceptors (Lipinski definition) is 2. The lowest BCUT2D eigenvalue weighted by molar-refractivity contribution is 0.293. The Kier molecular flexibility index (Phi) is 3.93. The van der Waals surface area contributed by atoms with Crippen molar-refractivity contribution in [3.05, 3.63) is 0 Å². The van der Waals surface area contributed by atoms with Gasteiger partial charge in [-0.05, 0) is 31.6 Å². The maximum Gasteiger partial charge on any atom is 0.176 e. The van der Waals surface area contributed by atoms with E-state index in [2.05, 4.69) is 12.2 Å². The lowest BCUT2D eigenvalue weighted by Crippen LogP contribution is -2.29. The Hall–Kier alpha value is -0.710. The number of nitrogens with zero attached hydrogens (tertiary/aromatic N) is 1. The molecule has 0 radical (unpaired) electrons. The Morgan fingerprint density at radius 3 is 2.50 bits per heavy atom. The predicted molar refractivity (Wildman–Crippen MR) is 49.4 cm³/mol. The second-order valence-electron chi connectivity index (χ2n) is 3.76. The summed E-state index contributed by atoms with van der Waals surface area (Å²) in [7, 11) is 0. The molecule has 0 spiro atoms. The van der Waals surface area contributed by atoms with E-state index in [9.17, 15) is 0 Å². The highest BCUT2D eigenvalue weighted by Crippen LogP contribution is 2.27. The van der Waals surface area contributed by atoms with Crippen LogP contribution < -0.4 is 5.32 Å². The molecule has 1 aliphatic carbocycles. The molecule has 0 aromatic heterocycles. The topological polar surface area (TPSA) is 35.8 Å². The third kappa shape index (κ3) is 2.73. The van der Waals surface area contributed by atoms with Crippen LogP contribution in [0.25, 0.3) is 0 Å². The van der Waals surface area contributed by atoms with Crippen molar-refractivity contribution in [1.29, 1.82) is 5.26 Å². The smallest absolute Gasteiger partial charge is 0.176 e. The van der Waals surface area contributed by atoms with Crippen LogP contribution in [0, 0.1) is 17.4 Å². The van der Waals surface area contributed by atoms with Crippen LogP contribution in [-0.4, -0.2) is 6.04 Å². The molecule has 1 rings (SSSR count). The molecule has 2 heteroatoms. The van der Waals surface area contributed by atoms with Crippen LogP contribution in [0.1, 0.15) is 45.4 Å². The molecule has 2 nitrogen and oxygen atoms in total. The third-order valence-electron chi connectivity index (χ3n) is 2.81. The van der Waals surface area contributed by atoms with Crippen molar-refractivity contribution in [3.63, 3.8) is 0 Å². The van der Waals surface area contributed by atoms with E-state index in [1.165, 1.54) is 38.5 Å². The van der Waals surface area contributed by atoms with Crippen LogP contribution in [0.2, 0.25) is 0 Å². The molecule has 0 aromatic rings. The molecule has 0 saturated heterocycles. The van der Waals surface area contributed by atoms with Gasteiger partial charge in [0.2, 0.25) is 0 Å². The summed E-state index contributed by atoms with van der Waals surface area (Å²) in [5, 5.41) is 11.3. The summed E-state index contributed by atoms with van der Waals surface area (Å²) in [5.41, 5.74) is 0. The van der Waals surface area contributed by atoms with E-state index >= 15 is 0 Å². The Balaban J connectivity index is 2.16. The van der Waals surface area contributed by atoms with Crippen LogP contribution in [0.5, 0.6) is 0 Å². The minimum absolute atomic E-state index is 0.475. The average molecular weight is 166 g/mol. The van der Waals surface area contributed by atoms with E-state index in [1.807, 2.05) is 6.19 Å². The summed E-state index contributed by atoms with van der Waals surface area (Å²) in [4.78, 5) is 0. The lowest BCUT2D eigenvalue weighted by Gasteiger charge is -2.27. The third-order valence-corrected chi connectivity index (χ3v) is 2.81. The fourth-order valence-corrected chi connectivity index (χ4v) is 2.09. The first-order chi connectivity index (χ1) is 5.86. The average Bonchev–Trinajstić information content (AvgIpc) is 2.09. The molecule has 0 unspecified atom stereocenters. The maximum atomic E-state index is 8.43. The Morgan fingerprint density at radius 1 is 1.33 bits per heavy atom. The van der Waals surface area contributed by atoms with Gasteiger partial charge in [-0.25, -0.2) is 0 Å². The molecule has 1 N–H and O–H groups in total. The first-order valence-corrected chi connectivity index (χ1v) is 5.01. The van der Waals surface area contributed by atoms with Crippen LogP contribution in [-0.2, 0) is 0 Å². The van der Waals surface area contributed by atoms with Gasteiger partial charge in [0.05, 0.1) is 0 Å². The van der Waals surface area contributed by atoms with Gasteiger partial charge < -0.3 is 5.32 Å². The standard InChI is InChI=1S/C10H18N2/c1-2-3-9-4-6-10(7-5-9)12-8-11/h9-10,12H,2-7H2,1H3. The number of rotatable bonds is 3. The minimum atomic E-state index is 0.475. The van der Waals surface area contributed by atoms with Gasteiger partial charge in [0.1, 0.15) is 0 Å². The van der Waals surface area contributed by atoms with Crippen molar-refractivity contribution < 1.29 is 0 Å². The molecule has 1 saturated carbocycles. The van der Waals surface area contributed by atoms with Crippen molar-refractivity contribution in [2.24, 2.45) is 5.92 Å². The number of hydrogen-bond donors (Lipinski definition) is 1. The molecule has 68 valence electrons. The summed E-state index contributed by atoms with van der Waals surface area (Å²) in [6, 6.07) is 0.475. The predicted octanol–water partition coefficient (Wildman–Crippen LogP) is 2.42. The Labute approximate surface area is 75.0 Å². The van der Waals surface area contributed by atoms with E-state index in [1.54, 1.807) is 0 Å². The Bertz CT molecular complexity index is 152. The highest BCUT2D eigenvalue weighted by atomic mass is 14.9. The van der Waals surface area contributed by atoms with E-state index in [-0.39, 0.29) is 0 Å². The van der Waals surface area contributed by atoms with Crippen molar-refractivity contribution in [3.8, 4) is 6.19 Å². The van der Waals surface area contributed by atoms with Gasteiger partial charge in [-0.15, -0.1) is 0 Å². The first kappa shape index (κ1) is 9.38. The van der Waals surface area contributed by atoms with Gasteiger partial charge in [0.15, 0.2) is 6.19 Å². The number of nitrogens with one attached hydrogen (secondary N) is 1. The zero-order valence-corrected chi connectivity index (χ0v) is 7.84. The quantitative estimate of drug-likeness (QED) is 0.516. The zero-order valence-electron chi connectivity index (χ0n) is 7.84. The van der Waals surface area contributed by atoms with Gasteiger partial charge in [0.25, 0.3) is 0 Å². The molecule has 0 amide bonds. The minimum Gasteiger partial charge on any atom is -0.321 e. The molecule has 1 fully saturated rings. The summed E-state index contributed by atoms with van der Waals surface area (Å²) < 4.78 is 0. The van der Waals surface area contributed by atoms with Crippen LogP contribution in [0.4, 0.5) is 0 Å². The molecular formula is C10H18N2. The van der Waals surface area contributed by atoms with Crippen molar-refractivity contribution in [2.45, 2.75) is 51.5 Å². The van der Waals surface area contributed by atoms with Crippen LogP contribution >= 0.6 is 0 Å². The van der Waals surface area contributed by atoms with Crippen LogP contribution in [0.15, 0.2) is 0 Å². The molecule has 0 heterocycles. The highest BCUT2D eigenvalue weighted by Gasteiger charge is 2.19. The van der Waals surface area contributed by atoms with Crippen molar-refractivity contribution in [1.82, 2.24) is 5.32 Å². The summed E-state index contributed by atoms with van der Waals surface area (Å²) >= 11 is 0. The molecule has 0 aromatic carbocycles. The van der Waals surface area contributed by atoms with Gasteiger partial charge in [-0.1, -0.05) is 19.8 Å². The zero-order chi connectivity index (χ0) is 8.81.